The van der Waals surface area contributed by atoms with Gasteiger partial charge in [0.25, 0.3) is 0 Å². The summed E-state index contributed by atoms with van der Waals surface area (Å²) in [5, 5.41) is 0.354. The van der Waals surface area contributed by atoms with Gasteiger partial charge < -0.3 is 28.1 Å². The number of aromatic nitrogens is 6. The fraction of sp³-hybridized carbons (Fsp3) is 0.294. The second-order valence-corrected chi connectivity index (χ2v) is 13.2. The SMILES string of the molecule is [2H]C([2H])([2H])Oc1ccc2[nH]c([S+]([O-])Cc3ncc(C)c(OC([2H])([2H])[2H])c3C)nc2c1.[2H]C([2H])([2H])Oc1ccc2[nH]c([S+]([O-])Cc3ncc(C)c(OC([2H])([2H])[2H])c3C)nc2c1.[MgH2]. The van der Waals surface area contributed by atoms with Gasteiger partial charge in [0, 0.05) is 69.1 Å². The second-order valence-electron chi connectivity index (χ2n) is 10.5. The van der Waals surface area contributed by atoms with Crippen molar-refractivity contribution >= 4 is 67.5 Å². The number of methoxy groups -OCH3 is 4. The zero-order valence-electron chi connectivity index (χ0n) is 38.1. The molecule has 0 aliphatic carbocycles. The summed E-state index contributed by atoms with van der Waals surface area (Å²) < 4.78 is 132. The Hall–Kier alpha value is -3.73. The molecule has 4 aromatic heterocycles. The van der Waals surface area contributed by atoms with Gasteiger partial charge in [-0.25, -0.2) is 0 Å². The number of benzene rings is 2. The highest BCUT2D eigenvalue weighted by atomic mass is 32.2. The lowest BCUT2D eigenvalue weighted by atomic mass is 10.1. The summed E-state index contributed by atoms with van der Waals surface area (Å²) in [4.78, 5) is 22.9. The van der Waals surface area contributed by atoms with Crippen LogP contribution in [0.3, 0.4) is 0 Å². The minimum atomic E-state index is -2.61. The number of hydrogen-bond donors (Lipinski definition) is 2. The summed E-state index contributed by atoms with van der Waals surface area (Å²) in [6.45, 7) is 6.68. The molecule has 0 aliphatic rings. The maximum Gasteiger partial charge on any atom is 0.322 e. The van der Waals surface area contributed by atoms with Gasteiger partial charge in [-0.05, 0) is 52.0 Å². The van der Waals surface area contributed by atoms with Crippen molar-refractivity contribution in [3.8, 4) is 23.0 Å². The molecule has 6 aromatic rings. The molecular weight excluding hydrogens is 677 g/mol. The quantitative estimate of drug-likeness (QED) is 0.147. The van der Waals surface area contributed by atoms with E-state index in [0.29, 0.717) is 55.7 Å². The zero-order chi connectivity index (χ0) is 44.5. The highest BCUT2D eigenvalue weighted by Crippen LogP contribution is 2.29. The molecule has 0 fully saturated rings. The van der Waals surface area contributed by atoms with Crippen LogP contribution in [0.25, 0.3) is 22.1 Å². The minimum Gasteiger partial charge on any atom is -0.609 e. The van der Waals surface area contributed by atoms with Crippen LogP contribution in [0.15, 0.2) is 59.1 Å². The molecule has 0 amide bonds. The molecule has 0 saturated heterocycles. The van der Waals surface area contributed by atoms with Crippen molar-refractivity contribution in [1.82, 2.24) is 29.9 Å². The summed E-state index contributed by atoms with van der Waals surface area (Å²) >= 11 is -3.24. The van der Waals surface area contributed by atoms with Crippen LogP contribution >= 0.6 is 0 Å². The van der Waals surface area contributed by atoms with E-state index < -0.39 is 50.5 Å². The van der Waals surface area contributed by atoms with E-state index >= 15 is 0 Å². The molecule has 12 nitrogen and oxygen atoms in total. The largest absolute Gasteiger partial charge is 0.609 e. The molecule has 0 aliphatic heterocycles. The average Bonchev–Trinajstić information content (AvgIpc) is 3.73. The van der Waals surface area contributed by atoms with Crippen molar-refractivity contribution in [2.75, 3.05) is 28.2 Å². The summed E-state index contributed by atoms with van der Waals surface area (Å²) in [5.74, 6) is 0.591. The summed E-state index contributed by atoms with van der Waals surface area (Å²) in [5.41, 5.74) is 4.88. The Labute approximate surface area is 324 Å². The molecule has 0 bridgehead atoms. The average molecular weight is 729 g/mol. The fourth-order valence-corrected chi connectivity index (χ4v) is 6.97. The third-order valence-corrected chi connectivity index (χ3v) is 9.68. The summed E-state index contributed by atoms with van der Waals surface area (Å²) in [6, 6.07) is 9.00. The Morgan fingerprint density at radius 2 is 1.06 bits per heavy atom. The van der Waals surface area contributed by atoms with Gasteiger partial charge in [-0.15, -0.1) is 0 Å². The molecule has 2 N–H and O–H groups in total. The van der Waals surface area contributed by atoms with E-state index in [-0.39, 0.29) is 67.9 Å². The van der Waals surface area contributed by atoms with Crippen LogP contribution in [0.4, 0.5) is 0 Å². The van der Waals surface area contributed by atoms with E-state index in [1.807, 2.05) is 0 Å². The van der Waals surface area contributed by atoms with Crippen LogP contribution in [-0.4, -0.2) is 90.2 Å². The van der Waals surface area contributed by atoms with Gasteiger partial charge in [0.05, 0.1) is 78.1 Å². The highest BCUT2D eigenvalue weighted by Gasteiger charge is 2.23. The van der Waals surface area contributed by atoms with Gasteiger partial charge >= 0.3 is 33.4 Å². The first-order chi connectivity index (χ1) is 27.6. The van der Waals surface area contributed by atoms with Crippen molar-refractivity contribution in [2.45, 2.75) is 49.5 Å². The Bertz CT molecular complexity index is 2310. The van der Waals surface area contributed by atoms with E-state index in [4.69, 9.17) is 35.4 Å². The number of hydrogen-bond acceptors (Lipinski definition) is 10. The van der Waals surface area contributed by atoms with Gasteiger partial charge in [0.2, 0.25) is 0 Å². The molecule has 6 rings (SSSR count). The third kappa shape index (κ3) is 8.53. The number of pyridine rings is 2. The zero-order valence-corrected chi connectivity index (χ0v) is 27.7. The second kappa shape index (κ2) is 16.8. The number of imidazole rings is 2. The lowest BCUT2D eigenvalue weighted by Gasteiger charge is -2.13. The van der Waals surface area contributed by atoms with Crippen LogP contribution in [0.5, 0.6) is 23.0 Å². The number of H-pyrrole nitrogens is 2. The number of rotatable bonds is 10. The molecule has 49 heavy (non-hydrogen) atoms. The molecule has 0 radical (unpaired) electrons. The molecule has 2 aromatic carbocycles. The topological polar surface area (TPSA) is 166 Å². The summed E-state index contributed by atoms with van der Waals surface area (Å²) in [7, 11) is -10.4. The van der Waals surface area contributed by atoms with Crippen molar-refractivity contribution in [3.05, 3.63) is 82.4 Å². The van der Waals surface area contributed by atoms with Gasteiger partial charge in [-0.1, -0.05) is 0 Å². The molecule has 256 valence electrons. The van der Waals surface area contributed by atoms with Crippen molar-refractivity contribution in [2.24, 2.45) is 0 Å². The highest BCUT2D eigenvalue weighted by molar-refractivity contribution is 7.90. The minimum absolute atomic E-state index is 0. The lowest BCUT2D eigenvalue weighted by Crippen LogP contribution is -2.10. The maximum atomic E-state index is 12.8. The van der Waals surface area contributed by atoms with Gasteiger partial charge in [-0.3, -0.25) is 19.9 Å². The first kappa shape index (κ1) is 24.4. The van der Waals surface area contributed by atoms with Crippen molar-refractivity contribution < 1.29 is 44.5 Å². The van der Waals surface area contributed by atoms with E-state index in [9.17, 15) is 9.11 Å². The van der Waals surface area contributed by atoms with Crippen LogP contribution in [0.1, 0.15) is 50.1 Å². The Morgan fingerprint density at radius 3 is 1.45 bits per heavy atom. The number of fused-ring (bicyclic) bond motifs is 2. The predicted octanol–water partition coefficient (Wildman–Crippen LogP) is 4.88. The van der Waals surface area contributed by atoms with E-state index in [0.717, 1.165) is 0 Å². The van der Waals surface area contributed by atoms with Crippen LogP contribution in [0, 0.1) is 27.7 Å². The standard InChI is InChI=1S/2C17H19N3O3S.Mg.2H/c2*1-10-8-18-15(11(2)16(10)23-4)9-24(21)17-19-13-6-5-12(22-3)7-14(13)20-17;;;/h2*5-8H,9H2,1-4H3,(H,19,20);;;/i2*3D3,4D3;;;. The molecular formula is C34H40MgN6O6S2. The van der Waals surface area contributed by atoms with Crippen LogP contribution < -0.4 is 18.9 Å². The van der Waals surface area contributed by atoms with E-state index in [2.05, 4.69) is 29.9 Å². The predicted molar refractivity (Wildman–Crippen MR) is 195 cm³/mol. The normalized spacial score (nSPS) is 16.8. The molecule has 0 spiro atoms. The van der Waals surface area contributed by atoms with Gasteiger partial charge in [0.15, 0.2) is 11.5 Å². The van der Waals surface area contributed by atoms with Gasteiger partial charge in [0.1, 0.15) is 23.0 Å². The van der Waals surface area contributed by atoms with Crippen molar-refractivity contribution in [1.29, 1.82) is 0 Å². The molecule has 0 saturated carbocycles. The lowest BCUT2D eigenvalue weighted by molar-refractivity contribution is 0.407. The van der Waals surface area contributed by atoms with Gasteiger partial charge in [-0.2, -0.15) is 9.97 Å². The maximum absolute atomic E-state index is 12.8. The smallest absolute Gasteiger partial charge is 0.322 e. The molecule has 2 unspecified atom stereocenters. The van der Waals surface area contributed by atoms with Crippen molar-refractivity contribution in [3.63, 3.8) is 0 Å². The number of aromatic amines is 2. The summed E-state index contributed by atoms with van der Waals surface area (Å²) in [6.07, 6.45) is 2.94. The Balaban J connectivity index is 0.000000264. The Morgan fingerprint density at radius 1 is 0.653 bits per heavy atom. The molecule has 15 heteroatoms. The van der Waals surface area contributed by atoms with Crippen LogP contribution in [-0.2, 0) is 33.9 Å². The molecule has 4 heterocycles. The van der Waals surface area contributed by atoms with E-state index in [1.54, 1.807) is 39.8 Å². The number of aryl methyl sites for hydroxylation is 2. The molecule has 2 atom stereocenters. The fourth-order valence-electron chi connectivity index (χ4n) is 4.77. The first-order valence-corrected chi connectivity index (χ1v) is 16.7. The number of nitrogens with zero attached hydrogens (tertiary/aromatic N) is 4. The Kier molecular flexibility index (Phi) is 8.36. The first-order valence-electron chi connectivity index (χ1n) is 20.1. The monoisotopic (exact) mass is 728 g/mol. The number of ether oxygens (including phenoxy) is 4. The van der Waals surface area contributed by atoms with E-state index in [1.165, 1.54) is 36.7 Å². The third-order valence-electron chi connectivity index (χ3n) is 7.36. The van der Waals surface area contributed by atoms with Crippen LogP contribution in [0.2, 0.25) is 0 Å². The number of nitrogens with one attached hydrogen (secondary N) is 2.